The van der Waals surface area contributed by atoms with Crippen LogP contribution in [-0.4, -0.2) is 116 Å². The molecule has 1 amide bonds. The van der Waals surface area contributed by atoms with Gasteiger partial charge in [-0.25, -0.2) is 9.78 Å². The molecule has 18 nitrogen and oxygen atoms in total. The number of carboxylic acid groups (broad SMARTS) is 1. The predicted molar refractivity (Wildman–Crippen MR) is 179 cm³/mol. The number of nitrogens with two attached hydrogens (primary N) is 2. The molecule has 1 aromatic carbocycles. The van der Waals surface area contributed by atoms with E-state index in [0.717, 1.165) is 28.2 Å². The Balaban J connectivity index is 1.38. The lowest BCUT2D eigenvalue weighted by atomic mass is 9.74. The van der Waals surface area contributed by atoms with Crippen molar-refractivity contribution in [1.82, 2.24) is 10.0 Å². The normalized spacial score (nSPS) is 21.6. The van der Waals surface area contributed by atoms with Gasteiger partial charge < -0.3 is 26.1 Å². The minimum absolute atomic E-state index is 0.0243. The number of carbonyl (C=O) groups is 3. The second kappa shape index (κ2) is 13.6. The van der Waals surface area contributed by atoms with Crippen LogP contribution in [-0.2, 0) is 40.3 Å². The van der Waals surface area contributed by atoms with Crippen LogP contribution in [0.1, 0.15) is 56.9 Å². The lowest BCUT2D eigenvalue weighted by Crippen LogP contribution is -2.68. The predicted octanol–water partition coefficient (Wildman–Crippen LogP) is 0.426. The molecule has 2 aromatic rings. The molecule has 1 saturated heterocycles. The third-order valence-corrected chi connectivity index (χ3v) is 9.92. The fraction of sp³-hybridized carbons (Fsp3) is 0.467. The van der Waals surface area contributed by atoms with Crippen molar-refractivity contribution in [1.29, 1.82) is 5.41 Å². The molecule has 50 heavy (non-hydrogen) atoms. The first kappa shape index (κ1) is 36.6. The van der Waals surface area contributed by atoms with Crippen LogP contribution in [0.25, 0.3) is 0 Å². The number of β-lactam (4-membered cyclic amide) rings is 1. The number of hydrogen-bond acceptors (Lipinski definition) is 14. The standard InChI is InChI=1S/C30H36N8O10S2/c1-29(2)18(25(40)38(29)48-50(43,44)45)13-21(39)24(19-15-49-27(32)34-19)35-47-30(3,26(41)42)23-9-7-17-12-16(6-8-22(17)46-23)20-14-36(4)28(33)37(20)11-5-10-31/h6,8,12,14-15,18,23,33H,5,7,9-11,13,31H2,1-4H3,(H2-2,32,34,41,42,43,44,45)/p+2/b33-28?,35-24-/t18?,23?,30-/m1/s1. The average molecular weight is 735 g/mol. The van der Waals surface area contributed by atoms with Crippen LogP contribution < -0.4 is 16.2 Å². The molecule has 7 N–H and O–H groups in total. The number of fused-ring (bicyclic) bond motifs is 1. The molecule has 1 fully saturated rings. The lowest BCUT2D eigenvalue weighted by molar-refractivity contribution is -0.520. The lowest BCUT2D eigenvalue weighted by Gasteiger charge is -2.50. The summed E-state index contributed by atoms with van der Waals surface area (Å²) in [4.78, 5) is 48.7. The van der Waals surface area contributed by atoms with Crippen LogP contribution in [0.4, 0.5) is 5.13 Å². The van der Waals surface area contributed by atoms with Crippen LogP contribution in [0.2, 0.25) is 0 Å². The second-order valence-corrected chi connectivity index (χ2v) is 14.6. The highest BCUT2D eigenvalue weighted by Crippen LogP contribution is 2.41. The number of amides is 1. The number of ketones is 1. The van der Waals surface area contributed by atoms with Gasteiger partial charge in [-0.05, 0) is 63.9 Å². The number of hydroxylamine groups is 2. The number of guanidine groups is 1. The van der Waals surface area contributed by atoms with Gasteiger partial charge in [0.25, 0.3) is 11.5 Å². The number of thiazole rings is 1. The number of anilines is 1. The van der Waals surface area contributed by atoms with Gasteiger partial charge in [-0.2, -0.15) is 18.1 Å². The number of Topliss-reactive ketones (excluding diaryl/α,β-unsaturated/α-hetero) is 1. The van der Waals surface area contributed by atoms with Crippen molar-refractivity contribution in [2.45, 2.75) is 63.7 Å². The summed E-state index contributed by atoms with van der Waals surface area (Å²) >= 11 is 0.991. The Morgan fingerprint density at radius 3 is 2.66 bits per heavy atom. The number of ether oxygens (including phenoxy) is 1. The van der Waals surface area contributed by atoms with Crippen molar-refractivity contribution in [2.24, 2.45) is 16.8 Å². The zero-order chi connectivity index (χ0) is 36.8. The van der Waals surface area contributed by atoms with Crippen LogP contribution in [0.5, 0.6) is 5.75 Å². The number of aromatic nitrogens is 1. The summed E-state index contributed by atoms with van der Waals surface area (Å²) in [7, 11) is -3.22. The second-order valence-electron chi connectivity index (χ2n) is 12.7. The Labute approximate surface area is 291 Å². The third kappa shape index (κ3) is 7.01. The van der Waals surface area contributed by atoms with Gasteiger partial charge in [-0.1, -0.05) is 5.16 Å². The van der Waals surface area contributed by atoms with Crippen molar-refractivity contribution >= 4 is 68.1 Å². The number of aryl methyl sites for hydroxylation is 1. The van der Waals surface area contributed by atoms with E-state index in [9.17, 15) is 27.9 Å². The number of rotatable bonds is 14. The van der Waals surface area contributed by atoms with Gasteiger partial charge >= 0.3 is 22.3 Å². The highest BCUT2D eigenvalue weighted by atomic mass is 32.3. The van der Waals surface area contributed by atoms with E-state index in [1.54, 1.807) is 17.7 Å². The summed E-state index contributed by atoms with van der Waals surface area (Å²) in [6.07, 6.45) is 1.63. The van der Waals surface area contributed by atoms with Gasteiger partial charge in [0.2, 0.25) is 5.71 Å². The number of aliphatic carboxylic acids is 1. The van der Waals surface area contributed by atoms with Gasteiger partial charge in [0.15, 0.2) is 28.9 Å². The van der Waals surface area contributed by atoms with Crippen molar-refractivity contribution in [3.63, 3.8) is 0 Å². The van der Waals surface area contributed by atoms with E-state index in [1.165, 1.54) is 26.2 Å². The largest absolute Gasteiger partial charge is 0.574 e. The van der Waals surface area contributed by atoms with Gasteiger partial charge in [0.05, 0.1) is 11.5 Å². The molecule has 3 aliphatic heterocycles. The molecular formula is C30H38N8O10S2+2. The van der Waals surface area contributed by atoms with Gasteiger partial charge in [0.1, 0.15) is 25.0 Å². The Hall–Kier alpha value is -4.63. The van der Waals surface area contributed by atoms with Crippen molar-refractivity contribution in [2.75, 3.05) is 25.9 Å². The number of benzene rings is 1. The number of carboxylic acids is 1. The Morgan fingerprint density at radius 1 is 1.34 bits per heavy atom. The SMILES string of the molecule is C[N+]1=CC(c2ccc3c(c2)CCC([C@@](C)(O/N=C(\C(=O)CC2C(=O)N(OS(=O)(=O)O)C2(C)C)c2csc(N)n2)C(=O)O)O3)=[N+](CCCN)C1=N. The molecule has 0 spiro atoms. The van der Waals surface area contributed by atoms with E-state index in [0.29, 0.717) is 42.7 Å². The maximum Gasteiger partial charge on any atom is 0.574 e. The number of oxime groups is 1. The number of hydrogen-bond donors (Lipinski definition) is 5. The summed E-state index contributed by atoms with van der Waals surface area (Å²) in [5.41, 5.74) is 10.1. The first-order chi connectivity index (χ1) is 23.4. The molecule has 3 atom stereocenters. The van der Waals surface area contributed by atoms with Crippen LogP contribution >= 0.6 is 11.3 Å². The van der Waals surface area contributed by atoms with Gasteiger partial charge in [-0.3, -0.25) is 14.1 Å². The van der Waals surface area contributed by atoms with Crippen molar-refractivity contribution in [3.8, 4) is 5.75 Å². The maximum absolute atomic E-state index is 13.6. The molecule has 4 heterocycles. The summed E-state index contributed by atoms with van der Waals surface area (Å²) in [5.74, 6) is -3.41. The Bertz CT molecular complexity index is 1970. The molecule has 1 aromatic heterocycles. The Morgan fingerprint density at radius 2 is 2.06 bits per heavy atom. The molecule has 0 aliphatic carbocycles. The zero-order valence-corrected chi connectivity index (χ0v) is 29.3. The smallest absolute Gasteiger partial charge is 0.485 e. The number of carbonyl (C=O) groups excluding carboxylic acids is 2. The first-order valence-electron chi connectivity index (χ1n) is 15.4. The molecule has 0 bridgehead atoms. The van der Waals surface area contributed by atoms with Crippen LogP contribution in [0, 0.1) is 11.3 Å². The molecule has 20 heteroatoms. The van der Waals surface area contributed by atoms with E-state index in [4.69, 9.17) is 31.0 Å². The van der Waals surface area contributed by atoms with Crippen LogP contribution in [0.15, 0.2) is 28.7 Å². The molecule has 3 aliphatic rings. The average Bonchev–Trinajstić information content (AvgIpc) is 3.61. The molecule has 2 unspecified atom stereocenters. The third-order valence-electron chi connectivity index (χ3n) is 8.91. The number of nitrogens with one attached hydrogen (secondary N) is 1. The molecule has 0 saturated carbocycles. The minimum Gasteiger partial charge on any atom is -0.485 e. The van der Waals surface area contributed by atoms with Gasteiger partial charge in [0, 0.05) is 29.2 Å². The number of nitrogen functional groups attached to an aromatic ring is 1. The van der Waals surface area contributed by atoms with Crippen LogP contribution in [0.3, 0.4) is 0 Å². The van der Waals surface area contributed by atoms with E-state index in [1.807, 2.05) is 22.9 Å². The van der Waals surface area contributed by atoms with E-state index >= 15 is 0 Å². The summed E-state index contributed by atoms with van der Waals surface area (Å²) in [5, 5.41) is 24.7. The highest BCUT2D eigenvalue weighted by molar-refractivity contribution is 7.80. The summed E-state index contributed by atoms with van der Waals surface area (Å²) in [6.45, 7) is 5.18. The van der Waals surface area contributed by atoms with E-state index < -0.39 is 63.4 Å². The first-order valence-corrected chi connectivity index (χ1v) is 17.7. The fourth-order valence-corrected chi connectivity index (χ4v) is 6.92. The molecule has 0 radical (unpaired) electrons. The van der Waals surface area contributed by atoms with E-state index in [2.05, 4.69) is 14.4 Å². The van der Waals surface area contributed by atoms with Crippen molar-refractivity contribution < 1.29 is 55.5 Å². The summed E-state index contributed by atoms with van der Waals surface area (Å²) in [6, 6.07) is 5.48. The molecular weight excluding hydrogens is 697 g/mol. The monoisotopic (exact) mass is 734 g/mol. The topological polar surface area (TPSA) is 264 Å². The zero-order valence-electron chi connectivity index (χ0n) is 27.7. The Kier molecular flexibility index (Phi) is 9.96. The highest BCUT2D eigenvalue weighted by Gasteiger charge is 2.58. The molecule has 268 valence electrons. The van der Waals surface area contributed by atoms with Crippen molar-refractivity contribution in [3.05, 3.63) is 40.4 Å². The summed E-state index contributed by atoms with van der Waals surface area (Å²) < 4.78 is 45.5. The number of nitrogens with zero attached hydrogens (tertiary/aromatic N) is 5. The minimum atomic E-state index is -5.01. The van der Waals surface area contributed by atoms with E-state index in [-0.39, 0.29) is 17.2 Å². The molecule has 5 rings (SSSR count). The van der Waals surface area contributed by atoms with Gasteiger partial charge in [-0.15, -0.1) is 20.2 Å². The fourth-order valence-electron chi connectivity index (χ4n) is 5.92. The maximum atomic E-state index is 13.6. The quantitative estimate of drug-likeness (QED) is 0.0580.